The highest BCUT2D eigenvalue weighted by Crippen LogP contribution is 2.38. The molecule has 0 aliphatic carbocycles. The molecule has 9 heteroatoms. The van der Waals surface area contributed by atoms with Gasteiger partial charge in [-0.25, -0.2) is 4.68 Å². The molecule has 1 unspecified atom stereocenters. The second-order valence-electron chi connectivity index (χ2n) is 8.73. The number of terminal acetylenes is 1. The molecule has 0 radical (unpaired) electrons. The number of likely N-dealkylation sites (tertiary alicyclic amines) is 1. The molecule has 1 N–H and O–H groups in total. The van der Waals surface area contributed by atoms with Gasteiger partial charge in [0.15, 0.2) is 0 Å². The summed E-state index contributed by atoms with van der Waals surface area (Å²) in [5.74, 6) is 0.909. The van der Waals surface area contributed by atoms with E-state index in [0.717, 1.165) is 43.0 Å². The molecule has 3 heterocycles. The average Bonchev–Trinajstić information content (AvgIpc) is 3.47. The Morgan fingerprint density at radius 1 is 1.18 bits per heavy atom. The van der Waals surface area contributed by atoms with Crippen molar-refractivity contribution in [3.8, 4) is 12.8 Å². The number of hydrogen-bond acceptors (Lipinski definition) is 5. The molecule has 2 aromatic rings. The lowest BCUT2D eigenvalue weighted by atomic mass is 9.94. The third-order valence-corrected chi connectivity index (χ3v) is 5.93. The Balaban J connectivity index is 0.000000393. The third kappa shape index (κ3) is 6.55. The van der Waals surface area contributed by atoms with Crippen molar-refractivity contribution in [2.24, 2.45) is 0 Å². The third-order valence-electron chi connectivity index (χ3n) is 5.19. The Bertz CT molecular complexity index is 1060. The van der Waals surface area contributed by atoms with Crippen molar-refractivity contribution in [2.75, 3.05) is 18.4 Å². The summed E-state index contributed by atoms with van der Waals surface area (Å²) in [5.41, 5.74) is 2.13. The fourth-order valence-electron chi connectivity index (χ4n) is 3.71. The number of rotatable bonds is 3. The van der Waals surface area contributed by atoms with Crippen LogP contribution in [0.1, 0.15) is 52.1 Å². The van der Waals surface area contributed by atoms with Crippen molar-refractivity contribution < 1.29 is 14.3 Å². The highest BCUT2D eigenvalue weighted by molar-refractivity contribution is 6.42. The quantitative estimate of drug-likeness (QED) is 0.452. The molecular weight excluding hydrogens is 475 g/mol. The van der Waals surface area contributed by atoms with Crippen LogP contribution in [0.5, 0.6) is 0 Å². The van der Waals surface area contributed by atoms with Gasteiger partial charge in [0.1, 0.15) is 17.5 Å². The molecule has 0 saturated carbocycles. The molecule has 1 aromatic heterocycles. The Morgan fingerprint density at radius 2 is 1.82 bits per heavy atom. The molecule has 1 saturated heterocycles. The van der Waals surface area contributed by atoms with Gasteiger partial charge in [0, 0.05) is 24.9 Å². The summed E-state index contributed by atoms with van der Waals surface area (Å²) in [7, 11) is 0. The van der Waals surface area contributed by atoms with Crippen LogP contribution >= 0.6 is 23.2 Å². The van der Waals surface area contributed by atoms with Crippen molar-refractivity contribution in [2.45, 2.75) is 52.2 Å². The van der Waals surface area contributed by atoms with E-state index in [1.54, 1.807) is 12.3 Å². The van der Waals surface area contributed by atoms with E-state index in [-0.39, 0.29) is 17.6 Å². The van der Waals surface area contributed by atoms with Crippen LogP contribution in [-0.4, -0.2) is 45.8 Å². The van der Waals surface area contributed by atoms with Gasteiger partial charge in [0.05, 0.1) is 21.8 Å². The SMILES string of the molecule is C#C.CC(C)(C)OC=O.CC1=C(C(=O)N2CCCC2)C(c2ccc(Cl)c(Cl)c2)n2nccc2N1. The van der Waals surface area contributed by atoms with E-state index in [4.69, 9.17) is 23.2 Å². The monoisotopic (exact) mass is 504 g/mol. The van der Waals surface area contributed by atoms with Gasteiger partial charge in [-0.1, -0.05) is 29.3 Å². The Kier molecular flexibility index (Phi) is 9.60. The number of anilines is 1. The zero-order valence-electron chi connectivity index (χ0n) is 19.8. The summed E-state index contributed by atoms with van der Waals surface area (Å²) in [6, 6.07) is 7.05. The van der Waals surface area contributed by atoms with Gasteiger partial charge in [-0.05, 0) is 58.2 Å². The maximum Gasteiger partial charge on any atom is 0.293 e. The molecule has 7 nitrogen and oxygen atoms in total. The van der Waals surface area contributed by atoms with Crippen molar-refractivity contribution in [3.05, 3.63) is 57.3 Å². The number of carbonyl (C=O) groups excluding carboxylic acids is 2. The zero-order chi connectivity index (χ0) is 25.5. The average molecular weight is 505 g/mol. The maximum atomic E-state index is 13.2. The molecule has 0 bridgehead atoms. The highest BCUT2D eigenvalue weighted by atomic mass is 35.5. The van der Waals surface area contributed by atoms with Gasteiger partial charge >= 0.3 is 0 Å². The second-order valence-corrected chi connectivity index (χ2v) is 9.54. The molecule has 34 heavy (non-hydrogen) atoms. The summed E-state index contributed by atoms with van der Waals surface area (Å²) < 4.78 is 6.38. The van der Waals surface area contributed by atoms with Crippen molar-refractivity contribution in [3.63, 3.8) is 0 Å². The predicted octanol–water partition coefficient (Wildman–Crippen LogP) is 5.31. The van der Waals surface area contributed by atoms with E-state index >= 15 is 0 Å². The number of benzene rings is 1. The van der Waals surface area contributed by atoms with Gasteiger partial charge < -0.3 is 15.0 Å². The molecule has 182 valence electrons. The summed E-state index contributed by atoms with van der Waals surface area (Å²) >= 11 is 12.3. The van der Waals surface area contributed by atoms with Crippen LogP contribution in [0.2, 0.25) is 10.0 Å². The first-order valence-electron chi connectivity index (χ1n) is 10.8. The Labute approximate surface area is 211 Å². The Morgan fingerprint density at radius 3 is 2.35 bits per heavy atom. The topological polar surface area (TPSA) is 76.5 Å². The number of amides is 1. The molecule has 2 aliphatic heterocycles. The number of carbonyl (C=O) groups is 2. The lowest BCUT2D eigenvalue weighted by Crippen LogP contribution is -2.36. The lowest BCUT2D eigenvalue weighted by Gasteiger charge is -2.32. The molecule has 1 fully saturated rings. The number of nitrogens with one attached hydrogen (secondary N) is 1. The van der Waals surface area contributed by atoms with Gasteiger partial charge in [-0.2, -0.15) is 5.10 Å². The predicted molar refractivity (Wildman–Crippen MR) is 136 cm³/mol. The van der Waals surface area contributed by atoms with Crippen molar-refractivity contribution in [1.82, 2.24) is 14.7 Å². The molecule has 1 aromatic carbocycles. The first-order valence-corrected chi connectivity index (χ1v) is 11.6. The second kappa shape index (κ2) is 12.0. The minimum Gasteiger partial charge on any atom is -0.462 e. The number of ether oxygens (including phenoxy) is 1. The Hall–Kier alpha value is -2.95. The normalized spacial score (nSPS) is 16.8. The fraction of sp³-hybridized carbons (Fsp3) is 0.400. The van der Waals surface area contributed by atoms with Crippen molar-refractivity contribution in [1.29, 1.82) is 0 Å². The largest absolute Gasteiger partial charge is 0.462 e. The number of aromatic nitrogens is 2. The first kappa shape index (κ1) is 27.3. The minimum absolute atomic E-state index is 0.0553. The van der Waals surface area contributed by atoms with Crippen LogP contribution in [0.3, 0.4) is 0 Å². The van der Waals surface area contributed by atoms with Crippen LogP contribution < -0.4 is 5.32 Å². The van der Waals surface area contributed by atoms with Gasteiger partial charge in [0.25, 0.3) is 12.4 Å². The summed E-state index contributed by atoms with van der Waals surface area (Å²) in [6.07, 6.45) is 11.8. The number of halogens is 2. The maximum absolute atomic E-state index is 13.2. The summed E-state index contributed by atoms with van der Waals surface area (Å²) in [4.78, 5) is 24.7. The van der Waals surface area contributed by atoms with E-state index in [1.165, 1.54) is 0 Å². The minimum atomic E-state index is -0.325. The van der Waals surface area contributed by atoms with Crippen molar-refractivity contribution >= 4 is 41.4 Å². The van der Waals surface area contributed by atoms with E-state index in [2.05, 4.69) is 28.0 Å². The van der Waals surface area contributed by atoms with Gasteiger partial charge in [0.2, 0.25) is 0 Å². The molecule has 1 amide bonds. The zero-order valence-corrected chi connectivity index (χ0v) is 21.4. The highest BCUT2D eigenvalue weighted by Gasteiger charge is 2.35. The standard InChI is InChI=1S/C18H18Cl2N4O.C5H10O2.C2H2/c1-11-16(18(25)23-8-2-3-9-23)17(24-15(22-11)6-7-21-24)12-4-5-13(19)14(20)10-12;1-5(2,3)7-4-6;1-2/h4-7,10,17,22H,2-3,8-9H2,1H3;4H,1-3H3;1-2H. The fourth-order valence-corrected chi connectivity index (χ4v) is 4.01. The van der Waals surface area contributed by atoms with Crippen LogP contribution in [-0.2, 0) is 14.3 Å². The number of hydrogen-bond donors (Lipinski definition) is 1. The summed E-state index contributed by atoms with van der Waals surface area (Å²) in [5, 5.41) is 8.69. The summed E-state index contributed by atoms with van der Waals surface area (Å²) in [6.45, 7) is 9.46. The van der Waals surface area contributed by atoms with Crippen LogP contribution in [0.25, 0.3) is 0 Å². The molecular formula is C25H30Cl2N4O3. The van der Waals surface area contributed by atoms with E-state index in [9.17, 15) is 9.59 Å². The lowest BCUT2D eigenvalue weighted by molar-refractivity contribution is -0.138. The van der Waals surface area contributed by atoms with Gasteiger partial charge in [-0.3, -0.25) is 9.59 Å². The van der Waals surface area contributed by atoms with Gasteiger partial charge in [-0.15, -0.1) is 12.8 Å². The van der Waals surface area contributed by atoms with Crippen LogP contribution in [0.15, 0.2) is 41.7 Å². The number of fused-ring (bicyclic) bond motifs is 1. The van der Waals surface area contributed by atoms with E-state index < -0.39 is 0 Å². The smallest absolute Gasteiger partial charge is 0.293 e. The van der Waals surface area contributed by atoms with E-state index in [1.807, 2.05) is 55.5 Å². The first-order chi connectivity index (χ1) is 16.1. The number of allylic oxidation sites excluding steroid dienone is 1. The molecule has 4 rings (SSSR count). The van der Waals surface area contributed by atoms with Crippen LogP contribution in [0, 0.1) is 12.8 Å². The molecule has 1 atom stereocenters. The number of nitrogens with zero attached hydrogens (tertiary/aromatic N) is 3. The molecule has 0 spiro atoms. The van der Waals surface area contributed by atoms with E-state index in [0.29, 0.717) is 22.1 Å². The molecule has 2 aliphatic rings. The van der Waals surface area contributed by atoms with Crippen LogP contribution in [0.4, 0.5) is 5.82 Å².